The van der Waals surface area contributed by atoms with Crippen molar-refractivity contribution in [2.75, 3.05) is 12.4 Å². The molecule has 1 N–H and O–H groups in total. The fourth-order valence-electron chi connectivity index (χ4n) is 2.40. The van der Waals surface area contributed by atoms with Gasteiger partial charge in [0.2, 0.25) is 0 Å². The van der Waals surface area contributed by atoms with Crippen molar-refractivity contribution in [3.8, 4) is 5.75 Å². The number of carbonyl (C=O) groups excluding carboxylic acids is 2. The minimum atomic E-state index is -0.918. The number of halogens is 1. The van der Waals surface area contributed by atoms with E-state index in [1.807, 2.05) is 24.3 Å². The zero-order valence-electron chi connectivity index (χ0n) is 15.0. The molecule has 5 nitrogen and oxygen atoms in total. The number of esters is 1. The minimum Gasteiger partial charge on any atom is -0.496 e. The molecule has 0 fully saturated rings. The number of amides is 1. The summed E-state index contributed by atoms with van der Waals surface area (Å²) < 4.78 is 10.4. The molecule has 0 aromatic heterocycles. The van der Waals surface area contributed by atoms with Gasteiger partial charge in [-0.05, 0) is 49.2 Å². The molecule has 0 saturated heterocycles. The molecular formula is C20H22ClNO4. The maximum atomic E-state index is 12.2. The molecule has 0 aliphatic rings. The second-order valence-corrected chi connectivity index (χ2v) is 6.24. The SMILES string of the molecule is CCc1ccc(NC(=O)[C@H](C)OC(=O)Cc2cc(Cl)ccc2OC)cc1. The van der Waals surface area contributed by atoms with Gasteiger partial charge in [0.05, 0.1) is 13.5 Å². The number of hydrogen-bond acceptors (Lipinski definition) is 4. The predicted octanol–water partition coefficient (Wildman–Crippen LogP) is 4.02. The Morgan fingerprint density at radius 3 is 2.46 bits per heavy atom. The molecule has 0 unspecified atom stereocenters. The van der Waals surface area contributed by atoms with E-state index in [1.54, 1.807) is 18.2 Å². The largest absolute Gasteiger partial charge is 0.496 e. The van der Waals surface area contributed by atoms with Crippen LogP contribution in [0.1, 0.15) is 25.0 Å². The number of aryl methyl sites for hydroxylation is 1. The van der Waals surface area contributed by atoms with Gasteiger partial charge in [-0.2, -0.15) is 0 Å². The number of benzene rings is 2. The van der Waals surface area contributed by atoms with Crippen molar-refractivity contribution in [2.24, 2.45) is 0 Å². The standard InChI is InChI=1S/C20H22ClNO4/c1-4-14-5-8-17(9-6-14)22-20(24)13(2)26-19(23)12-15-11-16(21)7-10-18(15)25-3/h5-11,13H,4,12H2,1-3H3,(H,22,24)/t13-/m0/s1. The van der Waals surface area contributed by atoms with Crippen LogP contribution < -0.4 is 10.1 Å². The van der Waals surface area contributed by atoms with Gasteiger partial charge in [-0.1, -0.05) is 30.7 Å². The fraction of sp³-hybridized carbons (Fsp3) is 0.300. The van der Waals surface area contributed by atoms with Gasteiger partial charge < -0.3 is 14.8 Å². The van der Waals surface area contributed by atoms with Crippen molar-refractivity contribution in [1.82, 2.24) is 0 Å². The van der Waals surface area contributed by atoms with E-state index in [1.165, 1.54) is 19.6 Å². The zero-order valence-corrected chi connectivity index (χ0v) is 15.8. The normalized spacial score (nSPS) is 11.5. The van der Waals surface area contributed by atoms with Crippen molar-refractivity contribution in [3.63, 3.8) is 0 Å². The number of hydrogen-bond donors (Lipinski definition) is 1. The van der Waals surface area contributed by atoms with Gasteiger partial charge in [0, 0.05) is 16.3 Å². The second kappa shape index (κ2) is 9.25. The molecule has 1 amide bonds. The van der Waals surface area contributed by atoms with E-state index in [4.69, 9.17) is 21.1 Å². The Morgan fingerprint density at radius 2 is 1.85 bits per heavy atom. The summed E-state index contributed by atoms with van der Waals surface area (Å²) in [5, 5.41) is 3.23. The van der Waals surface area contributed by atoms with Crippen LogP contribution >= 0.6 is 11.6 Å². The van der Waals surface area contributed by atoms with Crippen LogP contribution in [0.15, 0.2) is 42.5 Å². The highest BCUT2D eigenvalue weighted by atomic mass is 35.5. The van der Waals surface area contributed by atoms with Gasteiger partial charge in [-0.25, -0.2) is 0 Å². The molecule has 0 aliphatic carbocycles. The summed E-state index contributed by atoms with van der Waals surface area (Å²) in [7, 11) is 1.51. The molecule has 138 valence electrons. The van der Waals surface area contributed by atoms with Crippen LogP contribution in [0.5, 0.6) is 5.75 Å². The molecule has 1 atom stereocenters. The molecular weight excluding hydrogens is 354 g/mol. The smallest absolute Gasteiger partial charge is 0.311 e. The quantitative estimate of drug-likeness (QED) is 0.742. The van der Waals surface area contributed by atoms with E-state index in [2.05, 4.69) is 12.2 Å². The van der Waals surface area contributed by atoms with Crippen LogP contribution in [0.4, 0.5) is 5.69 Å². The molecule has 0 saturated carbocycles. The maximum Gasteiger partial charge on any atom is 0.311 e. The lowest BCUT2D eigenvalue weighted by molar-refractivity contribution is -0.152. The predicted molar refractivity (Wildman–Crippen MR) is 102 cm³/mol. The molecule has 6 heteroatoms. The minimum absolute atomic E-state index is 0.0352. The highest BCUT2D eigenvalue weighted by Gasteiger charge is 2.19. The number of ether oxygens (including phenoxy) is 2. The van der Waals surface area contributed by atoms with Crippen LogP contribution in [-0.2, 0) is 27.2 Å². The first-order valence-electron chi connectivity index (χ1n) is 8.34. The first-order chi connectivity index (χ1) is 12.4. The molecule has 0 aliphatic heterocycles. The number of rotatable bonds is 7. The summed E-state index contributed by atoms with van der Waals surface area (Å²) >= 11 is 5.95. The van der Waals surface area contributed by atoms with E-state index in [9.17, 15) is 9.59 Å². The van der Waals surface area contributed by atoms with Crippen molar-refractivity contribution >= 4 is 29.2 Å². The third-order valence-electron chi connectivity index (χ3n) is 3.88. The second-order valence-electron chi connectivity index (χ2n) is 5.80. The molecule has 26 heavy (non-hydrogen) atoms. The summed E-state index contributed by atoms with van der Waals surface area (Å²) in [4.78, 5) is 24.3. The Bertz CT molecular complexity index is 774. The van der Waals surface area contributed by atoms with Crippen LogP contribution in [0.3, 0.4) is 0 Å². The van der Waals surface area contributed by atoms with Crippen molar-refractivity contribution < 1.29 is 19.1 Å². The third-order valence-corrected chi connectivity index (χ3v) is 4.12. The number of methoxy groups -OCH3 is 1. The summed E-state index contributed by atoms with van der Waals surface area (Å²) in [6, 6.07) is 12.5. The highest BCUT2D eigenvalue weighted by molar-refractivity contribution is 6.30. The zero-order chi connectivity index (χ0) is 19.1. The highest BCUT2D eigenvalue weighted by Crippen LogP contribution is 2.23. The number of carbonyl (C=O) groups is 2. The Kier molecular flexibility index (Phi) is 7.04. The molecule has 2 aromatic carbocycles. The fourth-order valence-corrected chi connectivity index (χ4v) is 2.60. The van der Waals surface area contributed by atoms with E-state index < -0.39 is 12.1 Å². The van der Waals surface area contributed by atoms with Crippen LogP contribution in [0, 0.1) is 0 Å². The lowest BCUT2D eigenvalue weighted by atomic mass is 10.1. The molecule has 0 heterocycles. The summed E-state index contributed by atoms with van der Waals surface area (Å²) in [5.74, 6) is -0.380. The Labute approximate surface area is 158 Å². The topological polar surface area (TPSA) is 64.6 Å². The van der Waals surface area contributed by atoms with Gasteiger partial charge >= 0.3 is 5.97 Å². The van der Waals surface area contributed by atoms with Crippen LogP contribution in [-0.4, -0.2) is 25.1 Å². The van der Waals surface area contributed by atoms with Crippen molar-refractivity contribution in [3.05, 3.63) is 58.6 Å². The Morgan fingerprint density at radius 1 is 1.15 bits per heavy atom. The average molecular weight is 376 g/mol. The van der Waals surface area contributed by atoms with E-state index in [0.717, 1.165) is 6.42 Å². The lowest BCUT2D eigenvalue weighted by Gasteiger charge is -2.14. The number of nitrogens with one attached hydrogen (secondary N) is 1. The molecule has 2 rings (SSSR count). The monoisotopic (exact) mass is 375 g/mol. The first-order valence-corrected chi connectivity index (χ1v) is 8.72. The van der Waals surface area contributed by atoms with Gasteiger partial charge in [0.15, 0.2) is 6.10 Å². The van der Waals surface area contributed by atoms with Crippen molar-refractivity contribution in [2.45, 2.75) is 32.8 Å². The van der Waals surface area contributed by atoms with Gasteiger partial charge in [0.1, 0.15) is 5.75 Å². The molecule has 0 spiro atoms. The van der Waals surface area contributed by atoms with E-state index in [0.29, 0.717) is 22.0 Å². The lowest BCUT2D eigenvalue weighted by Crippen LogP contribution is -2.30. The Hall–Kier alpha value is -2.53. The third kappa shape index (κ3) is 5.49. The summed E-state index contributed by atoms with van der Waals surface area (Å²) in [5.41, 5.74) is 2.44. The van der Waals surface area contributed by atoms with Crippen LogP contribution in [0.25, 0.3) is 0 Å². The van der Waals surface area contributed by atoms with Crippen molar-refractivity contribution in [1.29, 1.82) is 0 Å². The van der Waals surface area contributed by atoms with Gasteiger partial charge in [0.25, 0.3) is 5.91 Å². The van der Waals surface area contributed by atoms with E-state index >= 15 is 0 Å². The Balaban J connectivity index is 1.93. The first kappa shape index (κ1) is 19.8. The van der Waals surface area contributed by atoms with E-state index in [-0.39, 0.29) is 12.3 Å². The maximum absolute atomic E-state index is 12.2. The molecule has 0 radical (unpaired) electrons. The number of anilines is 1. The average Bonchev–Trinajstić information content (AvgIpc) is 2.62. The van der Waals surface area contributed by atoms with Crippen LogP contribution in [0.2, 0.25) is 5.02 Å². The van der Waals surface area contributed by atoms with Gasteiger partial charge in [-0.3, -0.25) is 9.59 Å². The molecule has 0 bridgehead atoms. The summed E-state index contributed by atoms with van der Waals surface area (Å²) in [6.07, 6.45) is -0.0274. The molecule has 2 aromatic rings. The summed E-state index contributed by atoms with van der Waals surface area (Å²) in [6.45, 7) is 3.59. The van der Waals surface area contributed by atoms with Gasteiger partial charge in [-0.15, -0.1) is 0 Å².